The zero-order valence-corrected chi connectivity index (χ0v) is 24.6. The number of rotatable bonds is 7. The standard InChI is InChI=1S/C31H22F5N5O4S/c1-30(11-15-2-5-17(32)6-3-15)26-25(28(43)40-46-30)23(24(27(37)42)20(39-26)12-31(34,35)36)16-4-9-21-22(10-16)45-29(44)41(21)14-19-8-7-18(33)13-38-19/h2-10,13H,11-12,14H2,1H3,(H2,37,42)(H,40,43)/t30-/m0/s1. The highest BCUT2D eigenvalue weighted by Crippen LogP contribution is 2.46. The first kappa shape index (κ1) is 31.0. The zero-order chi connectivity index (χ0) is 33.0. The van der Waals surface area contributed by atoms with Gasteiger partial charge < -0.3 is 10.2 Å². The molecule has 0 saturated carbocycles. The molecule has 1 aliphatic heterocycles. The number of nitrogens with zero attached hydrogens (tertiary/aromatic N) is 3. The van der Waals surface area contributed by atoms with Crippen LogP contribution in [0.2, 0.25) is 0 Å². The largest absolute Gasteiger partial charge is 0.420 e. The van der Waals surface area contributed by atoms with Gasteiger partial charge in [-0.05, 0) is 72.8 Å². The van der Waals surface area contributed by atoms with Gasteiger partial charge in [-0.1, -0.05) is 18.2 Å². The minimum Gasteiger partial charge on any atom is -0.408 e. The number of hydrogen-bond acceptors (Lipinski definition) is 7. The molecule has 236 valence electrons. The fourth-order valence-electron chi connectivity index (χ4n) is 5.51. The summed E-state index contributed by atoms with van der Waals surface area (Å²) in [4.78, 5) is 47.4. The highest BCUT2D eigenvalue weighted by molar-refractivity contribution is 7.99. The predicted molar refractivity (Wildman–Crippen MR) is 158 cm³/mol. The van der Waals surface area contributed by atoms with Gasteiger partial charge in [0.15, 0.2) is 5.58 Å². The van der Waals surface area contributed by atoms with Crippen LogP contribution in [0.5, 0.6) is 0 Å². The van der Waals surface area contributed by atoms with Crippen LogP contribution in [0.1, 0.15) is 50.3 Å². The van der Waals surface area contributed by atoms with Crippen LogP contribution in [0.25, 0.3) is 22.2 Å². The molecule has 0 fully saturated rings. The lowest BCUT2D eigenvalue weighted by molar-refractivity contribution is -0.127. The van der Waals surface area contributed by atoms with Crippen molar-refractivity contribution in [3.05, 3.63) is 117 Å². The lowest BCUT2D eigenvalue weighted by Crippen LogP contribution is -2.39. The molecule has 0 saturated heterocycles. The Bertz CT molecular complexity index is 2080. The van der Waals surface area contributed by atoms with Crippen molar-refractivity contribution in [3.63, 3.8) is 0 Å². The average Bonchev–Trinajstić information content (AvgIpc) is 3.29. The SMILES string of the molecule is C[C@@]1(Cc2ccc(F)cc2)SNC(=O)c2c1nc(CC(F)(F)F)c(C(N)=O)c2-c1ccc2c(c1)oc(=O)n2Cc1ccc(F)cn1. The number of fused-ring (bicyclic) bond motifs is 2. The normalized spacial score (nSPS) is 16.3. The third-order valence-corrected chi connectivity index (χ3v) is 8.58. The van der Waals surface area contributed by atoms with Crippen LogP contribution in [0.4, 0.5) is 22.0 Å². The molecule has 3 aromatic heterocycles. The summed E-state index contributed by atoms with van der Waals surface area (Å²) < 4.78 is 76.7. The first-order chi connectivity index (χ1) is 21.7. The highest BCUT2D eigenvalue weighted by atomic mass is 32.2. The number of benzene rings is 2. The molecule has 46 heavy (non-hydrogen) atoms. The smallest absolute Gasteiger partial charge is 0.408 e. The van der Waals surface area contributed by atoms with Gasteiger partial charge in [0.05, 0.1) is 57.6 Å². The molecule has 0 unspecified atom stereocenters. The van der Waals surface area contributed by atoms with Gasteiger partial charge in [0, 0.05) is 5.56 Å². The summed E-state index contributed by atoms with van der Waals surface area (Å²) in [6.45, 7) is 1.57. The molecule has 6 rings (SSSR count). The van der Waals surface area contributed by atoms with E-state index in [0.29, 0.717) is 11.3 Å². The summed E-state index contributed by atoms with van der Waals surface area (Å²) in [5.74, 6) is -3.84. The van der Waals surface area contributed by atoms with Crippen LogP contribution in [0.15, 0.2) is 70.0 Å². The number of halogens is 5. The van der Waals surface area contributed by atoms with Crippen molar-refractivity contribution < 1.29 is 36.0 Å². The molecule has 3 N–H and O–H groups in total. The second-order valence-corrected chi connectivity index (χ2v) is 12.2. The number of oxazole rings is 1. The van der Waals surface area contributed by atoms with E-state index >= 15 is 0 Å². The Morgan fingerprint density at radius 1 is 1.04 bits per heavy atom. The van der Waals surface area contributed by atoms with Gasteiger partial charge in [-0.25, -0.2) is 13.6 Å². The molecule has 15 heteroatoms. The number of pyridine rings is 2. The van der Waals surface area contributed by atoms with E-state index in [9.17, 15) is 36.3 Å². The average molecular weight is 656 g/mol. The van der Waals surface area contributed by atoms with E-state index in [1.807, 2.05) is 0 Å². The first-order valence-corrected chi connectivity index (χ1v) is 14.4. The number of aromatic nitrogens is 3. The summed E-state index contributed by atoms with van der Waals surface area (Å²) in [6.07, 6.45) is -5.32. The Labute approximate surface area is 260 Å². The lowest BCUT2D eigenvalue weighted by atomic mass is 9.85. The fourth-order valence-corrected chi connectivity index (χ4v) is 6.42. The van der Waals surface area contributed by atoms with Crippen molar-refractivity contribution in [2.75, 3.05) is 0 Å². The lowest BCUT2D eigenvalue weighted by Gasteiger charge is -2.36. The maximum absolute atomic E-state index is 13.9. The van der Waals surface area contributed by atoms with Crippen LogP contribution >= 0.6 is 11.9 Å². The Morgan fingerprint density at radius 3 is 2.41 bits per heavy atom. The zero-order valence-electron chi connectivity index (χ0n) is 23.7. The maximum atomic E-state index is 13.9. The van der Waals surface area contributed by atoms with E-state index in [1.54, 1.807) is 6.92 Å². The van der Waals surface area contributed by atoms with E-state index in [0.717, 1.165) is 18.1 Å². The summed E-state index contributed by atoms with van der Waals surface area (Å²) in [5.41, 5.74) is 5.21. The van der Waals surface area contributed by atoms with E-state index in [-0.39, 0.29) is 46.4 Å². The van der Waals surface area contributed by atoms with E-state index in [4.69, 9.17) is 10.2 Å². The van der Waals surface area contributed by atoms with E-state index in [2.05, 4.69) is 14.7 Å². The van der Waals surface area contributed by atoms with Crippen molar-refractivity contribution in [1.29, 1.82) is 0 Å². The molecule has 5 aromatic rings. The maximum Gasteiger partial charge on any atom is 0.420 e. The molecule has 9 nitrogen and oxygen atoms in total. The van der Waals surface area contributed by atoms with Crippen molar-refractivity contribution in [1.82, 2.24) is 19.3 Å². The number of carbonyl (C=O) groups is 2. The van der Waals surface area contributed by atoms with Gasteiger partial charge >= 0.3 is 11.9 Å². The van der Waals surface area contributed by atoms with Crippen molar-refractivity contribution >= 4 is 34.9 Å². The van der Waals surface area contributed by atoms with Crippen molar-refractivity contribution in [2.45, 2.75) is 37.2 Å². The number of primary amides is 1. The Kier molecular flexibility index (Phi) is 7.66. The Hall–Kier alpha value is -5.05. The second-order valence-electron chi connectivity index (χ2n) is 10.9. The molecule has 4 heterocycles. The van der Waals surface area contributed by atoms with Gasteiger partial charge in [0.2, 0.25) is 0 Å². The number of nitrogens with one attached hydrogen (secondary N) is 1. The number of hydrogen-bond donors (Lipinski definition) is 2. The Balaban J connectivity index is 1.57. The third kappa shape index (κ3) is 5.85. The summed E-state index contributed by atoms with van der Waals surface area (Å²) in [6, 6.07) is 12.2. The molecule has 1 aliphatic rings. The third-order valence-electron chi connectivity index (χ3n) is 7.50. The monoisotopic (exact) mass is 655 g/mol. The molecular formula is C31H22F5N5O4S. The minimum atomic E-state index is -4.80. The molecule has 0 aliphatic carbocycles. The molecular weight excluding hydrogens is 633 g/mol. The van der Waals surface area contributed by atoms with E-state index in [1.165, 1.54) is 59.2 Å². The summed E-state index contributed by atoms with van der Waals surface area (Å²) in [7, 11) is 0. The van der Waals surface area contributed by atoms with Crippen LogP contribution in [-0.4, -0.2) is 32.5 Å². The van der Waals surface area contributed by atoms with E-state index < -0.39 is 57.8 Å². The van der Waals surface area contributed by atoms with Crippen molar-refractivity contribution in [2.24, 2.45) is 5.73 Å². The van der Waals surface area contributed by atoms with Gasteiger partial charge in [-0.15, -0.1) is 0 Å². The van der Waals surface area contributed by atoms with Crippen molar-refractivity contribution in [3.8, 4) is 11.1 Å². The molecule has 2 aromatic carbocycles. The molecule has 0 bridgehead atoms. The quantitative estimate of drug-likeness (QED) is 0.177. The molecule has 1 atom stereocenters. The molecule has 2 amide bonds. The summed E-state index contributed by atoms with van der Waals surface area (Å²) >= 11 is 0.924. The van der Waals surface area contributed by atoms with Crippen LogP contribution in [0.3, 0.4) is 0 Å². The van der Waals surface area contributed by atoms with Gasteiger partial charge in [0.1, 0.15) is 11.6 Å². The van der Waals surface area contributed by atoms with Gasteiger partial charge in [-0.2, -0.15) is 13.2 Å². The van der Waals surface area contributed by atoms with Crippen LogP contribution < -0.4 is 16.2 Å². The second kappa shape index (κ2) is 11.4. The first-order valence-electron chi connectivity index (χ1n) is 13.6. The number of nitrogens with two attached hydrogens (primary N) is 1. The molecule has 0 radical (unpaired) electrons. The Morgan fingerprint density at radius 2 is 1.76 bits per heavy atom. The van der Waals surface area contributed by atoms with Crippen LogP contribution in [-0.2, 0) is 24.1 Å². The van der Waals surface area contributed by atoms with Gasteiger partial charge in [-0.3, -0.25) is 28.8 Å². The molecule has 0 spiro atoms. The summed E-state index contributed by atoms with van der Waals surface area (Å²) in [5, 5.41) is 0. The highest BCUT2D eigenvalue weighted by Gasteiger charge is 2.43. The number of alkyl halides is 3. The minimum absolute atomic E-state index is 0.0115. The van der Waals surface area contributed by atoms with Crippen LogP contribution in [0, 0.1) is 11.6 Å². The fraction of sp³-hybridized carbons (Fsp3) is 0.194. The number of carbonyl (C=O) groups excluding carboxylic acids is 2. The number of amides is 2. The van der Waals surface area contributed by atoms with Gasteiger partial charge in [0.25, 0.3) is 11.8 Å². The predicted octanol–water partition coefficient (Wildman–Crippen LogP) is 5.43. The topological polar surface area (TPSA) is 133 Å².